The van der Waals surface area contributed by atoms with Gasteiger partial charge in [0, 0.05) is 24.5 Å². The zero-order chi connectivity index (χ0) is 13.8. The second kappa shape index (κ2) is 6.44. The van der Waals surface area contributed by atoms with Gasteiger partial charge in [0.25, 0.3) is 0 Å². The van der Waals surface area contributed by atoms with Crippen LogP contribution in [0.1, 0.15) is 55.1 Å². The summed E-state index contributed by atoms with van der Waals surface area (Å²) in [6.07, 6.45) is 4.87. The summed E-state index contributed by atoms with van der Waals surface area (Å²) in [6, 6.07) is 0.795. The minimum absolute atomic E-state index is 0.0389. The van der Waals surface area contributed by atoms with E-state index in [4.69, 9.17) is 4.74 Å². The molecule has 1 fully saturated rings. The van der Waals surface area contributed by atoms with Crippen LogP contribution in [-0.2, 0) is 11.2 Å². The molecule has 19 heavy (non-hydrogen) atoms. The Bertz CT molecular complexity index is 406. The standard InChI is InChI=1S/C15H25N3O/c1-10-14(6-5-9-16-13-7-8-13)11(2)18-15(17-10)12(3)19-4/h12-13,16H,5-9H2,1-4H3. The summed E-state index contributed by atoms with van der Waals surface area (Å²) in [4.78, 5) is 9.15. The third-order valence-corrected chi connectivity index (χ3v) is 3.77. The van der Waals surface area contributed by atoms with Crippen molar-refractivity contribution in [3.8, 4) is 0 Å². The second-order valence-electron chi connectivity index (χ2n) is 5.44. The largest absolute Gasteiger partial charge is 0.374 e. The van der Waals surface area contributed by atoms with Gasteiger partial charge in [-0.1, -0.05) is 0 Å². The van der Waals surface area contributed by atoms with Crippen molar-refractivity contribution in [2.24, 2.45) is 0 Å². The Morgan fingerprint density at radius 2 is 1.89 bits per heavy atom. The van der Waals surface area contributed by atoms with E-state index in [1.165, 1.54) is 18.4 Å². The summed E-state index contributed by atoms with van der Waals surface area (Å²) >= 11 is 0. The second-order valence-corrected chi connectivity index (χ2v) is 5.44. The molecule has 0 spiro atoms. The lowest BCUT2D eigenvalue weighted by atomic mass is 10.1. The van der Waals surface area contributed by atoms with Gasteiger partial charge in [-0.05, 0) is 58.6 Å². The van der Waals surface area contributed by atoms with Gasteiger partial charge in [-0.3, -0.25) is 0 Å². The van der Waals surface area contributed by atoms with Crippen molar-refractivity contribution in [1.29, 1.82) is 0 Å². The molecule has 0 amide bonds. The van der Waals surface area contributed by atoms with Gasteiger partial charge >= 0.3 is 0 Å². The van der Waals surface area contributed by atoms with Gasteiger partial charge in [-0.25, -0.2) is 9.97 Å². The molecule has 0 radical (unpaired) electrons. The highest BCUT2D eigenvalue weighted by Crippen LogP contribution is 2.19. The van der Waals surface area contributed by atoms with Gasteiger partial charge < -0.3 is 10.1 Å². The van der Waals surface area contributed by atoms with Gasteiger partial charge in [0.2, 0.25) is 0 Å². The summed E-state index contributed by atoms with van der Waals surface area (Å²) < 4.78 is 5.28. The van der Waals surface area contributed by atoms with Crippen LogP contribution in [0.25, 0.3) is 0 Å². The fourth-order valence-electron chi connectivity index (χ4n) is 2.27. The van der Waals surface area contributed by atoms with Crippen LogP contribution in [0.15, 0.2) is 0 Å². The number of aromatic nitrogens is 2. The number of hydrogen-bond acceptors (Lipinski definition) is 4. The molecule has 1 atom stereocenters. The fourth-order valence-corrected chi connectivity index (χ4v) is 2.27. The van der Waals surface area contributed by atoms with Gasteiger partial charge in [0.1, 0.15) is 6.10 Å². The zero-order valence-electron chi connectivity index (χ0n) is 12.5. The Balaban J connectivity index is 1.95. The highest BCUT2D eigenvalue weighted by atomic mass is 16.5. The molecule has 0 bridgehead atoms. The van der Waals surface area contributed by atoms with Crippen molar-refractivity contribution < 1.29 is 4.74 Å². The van der Waals surface area contributed by atoms with Crippen LogP contribution < -0.4 is 5.32 Å². The number of methoxy groups -OCH3 is 1. The van der Waals surface area contributed by atoms with Crippen LogP contribution in [0, 0.1) is 13.8 Å². The van der Waals surface area contributed by atoms with Crippen LogP contribution in [0.4, 0.5) is 0 Å². The Hall–Kier alpha value is -1.00. The fraction of sp³-hybridized carbons (Fsp3) is 0.733. The molecule has 1 aliphatic carbocycles. The molecule has 106 valence electrons. The molecule has 4 nitrogen and oxygen atoms in total. The van der Waals surface area contributed by atoms with E-state index >= 15 is 0 Å². The SMILES string of the molecule is COC(C)c1nc(C)c(CCCNC2CC2)c(C)n1. The number of aryl methyl sites for hydroxylation is 2. The molecule has 1 N–H and O–H groups in total. The number of hydrogen-bond donors (Lipinski definition) is 1. The lowest BCUT2D eigenvalue weighted by Gasteiger charge is -2.14. The highest BCUT2D eigenvalue weighted by Gasteiger charge is 2.19. The van der Waals surface area contributed by atoms with Crippen LogP contribution in [0.2, 0.25) is 0 Å². The summed E-state index contributed by atoms with van der Waals surface area (Å²) in [5.41, 5.74) is 3.49. The number of ether oxygens (including phenoxy) is 1. The lowest BCUT2D eigenvalue weighted by Crippen LogP contribution is -2.18. The predicted octanol–water partition coefficient (Wildman–Crippen LogP) is 2.49. The van der Waals surface area contributed by atoms with Gasteiger partial charge in [-0.2, -0.15) is 0 Å². The molecule has 2 rings (SSSR count). The van der Waals surface area contributed by atoms with E-state index in [9.17, 15) is 0 Å². The van der Waals surface area contributed by atoms with Crippen LogP contribution in [-0.4, -0.2) is 29.7 Å². The third-order valence-electron chi connectivity index (χ3n) is 3.77. The molecule has 0 aromatic carbocycles. The topological polar surface area (TPSA) is 47.0 Å². The quantitative estimate of drug-likeness (QED) is 0.768. The first kappa shape index (κ1) is 14.4. The summed E-state index contributed by atoms with van der Waals surface area (Å²) in [5.74, 6) is 0.789. The third kappa shape index (κ3) is 3.98. The maximum Gasteiger partial charge on any atom is 0.157 e. The monoisotopic (exact) mass is 263 g/mol. The molecular weight excluding hydrogens is 238 g/mol. The zero-order valence-corrected chi connectivity index (χ0v) is 12.5. The van der Waals surface area contributed by atoms with E-state index in [0.29, 0.717) is 0 Å². The maximum absolute atomic E-state index is 5.28. The van der Waals surface area contributed by atoms with Crippen LogP contribution in [0.3, 0.4) is 0 Å². The van der Waals surface area contributed by atoms with Crippen molar-refractivity contribution in [3.63, 3.8) is 0 Å². The van der Waals surface area contributed by atoms with Crippen LogP contribution in [0.5, 0.6) is 0 Å². The first-order valence-electron chi connectivity index (χ1n) is 7.22. The molecule has 0 saturated heterocycles. The van der Waals surface area contributed by atoms with Gasteiger partial charge in [0.15, 0.2) is 5.82 Å². The molecule has 4 heteroatoms. The predicted molar refractivity (Wildman–Crippen MR) is 76.3 cm³/mol. The van der Waals surface area contributed by atoms with Crippen LogP contribution >= 0.6 is 0 Å². The minimum Gasteiger partial charge on any atom is -0.374 e. The Kier molecular flexibility index (Phi) is 4.88. The first-order chi connectivity index (χ1) is 9.11. The van der Waals surface area contributed by atoms with E-state index in [1.807, 2.05) is 6.92 Å². The number of nitrogens with zero attached hydrogens (tertiary/aromatic N) is 2. The average molecular weight is 263 g/mol. The van der Waals surface area contributed by atoms with E-state index in [0.717, 1.165) is 42.6 Å². The van der Waals surface area contributed by atoms with E-state index in [2.05, 4.69) is 29.1 Å². The van der Waals surface area contributed by atoms with Gasteiger partial charge in [-0.15, -0.1) is 0 Å². The molecule has 1 heterocycles. The van der Waals surface area contributed by atoms with Crippen molar-refractivity contribution in [3.05, 3.63) is 22.8 Å². The lowest BCUT2D eigenvalue weighted by molar-refractivity contribution is 0.111. The van der Waals surface area contributed by atoms with E-state index in [-0.39, 0.29) is 6.10 Å². The maximum atomic E-state index is 5.28. The van der Waals surface area contributed by atoms with E-state index < -0.39 is 0 Å². The molecular formula is C15H25N3O. The highest BCUT2D eigenvalue weighted by molar-refractivity contribution is 5.25. The van der Waals surface area contributed by atoms with Crippen molar-refractivity contribution in [1.82, 2.24) is 15.3 Å². The normalized spacial score (nSPS) is 16.6. The van der Waals surface area contributed by atoms with E-state index in [1.54, 1.807) is 7.11 Å². The molecule has 1 unspecified atom stereocenters. The Labute approximate surface area is 116 Å². The summed E-state index contributed by atoms with van der Waals surface area (Å²) in [6.45, 7) is 7.22. The van der Waals surface area contributed by atoms with Gasteiger partial charge in [0.05, 0.1) is 0 Å². The Morgan fingerprint density at radius 3 is 2.42 bits per heavy atom. The molecule has 1 saturated carbocycles. The molecule has 1 aromatic rings. The summed E-state index contributed by atoms with van der Waals surface area (Å²) in [5, 5.41) is 3.54. The first-order valence-corrected chi connectivity index (χ1v) is 7.22. The Morgan fingerprint density at radius 1 is 1.26 bits per heavy atom. The number of nitrogens with one attached hydrogen (secondary N) is 1. The smallest absolute Gasteiger partial charge is 0.157 e. The average Bonchev–Trinajstić information content (AvgIpc) is 3.19. The van der Waals surface area contributed by atoms with Crippen molar-refractivity contribution >= 4 is 0 Å². The minimum atomic E-state index is -0.0389. The molecule has 1 aromatic heterocycles. The number of rotatable bonds is 7. The van der Waals surface area contributed by atoms with Crippen molar-refractivity contribution in [2.75, 3.05) is 13.7 Å². The van der Waals surface area contributed by atoms with Crippen molar-refractivity contribution in [2.45, 2.75) is 58.6 Å². The molecule has 1 aliphatic rings. The summed E-state index contributed by atoms with van der Waals surface area (Å²) in [7, 11) is 1.69. The molecule has 0 aliphatic heterocycles.